The number of rotatable bonds is 9. The van der Waals surface area contributed by atoms with E-state index in [4.69, 9.17) is 9.47 Å². The number of benzene rings is 2. The fourth-order valence-electron chi connectivity index (χ4n) is 3.52. The molecule has 3 rings (SSSR count). The molecule has 1 heterocycles. The number of aryl methyl sites for hydroxylation is 2. The van der Waals surface area contributed by atoms with E-state index in [9.17, 15) is 4.79 Å². The molecule has 154 valence electrons. The molecule has 0 aliphatic heterocycles. The van der Waals surface area contributed by atoms with Gasteiger partial charge in [-0.3, -0.25) is 0 Å². The molecule has 0 saturated heterocycles. The van der Waals surface area contributed by atoms with E-state index in [2.05, 4.69) is 42.0 Å². The Morgan fingerprint density at radius 1 is 1.10 bits per heavy atom. The summed E-state index contributed by atoms with van der Waals surface area (Å²) in [7, 11) is 3.07. The molecule has 2 aromatic carbocycles. The molecule has 1 aromatic heterocycles. The van der Waals surface area contributed by atoms with E-state index in [-0.39, 0.29) is 12.6 Å². The fraction of sp³-hybridized carbons (Fsp3) is 0.375. The Kier molecular flexibility index (Phi) is 7.15. The molecule has 0 saturated carbocycles. The van der Waals surface area contributed by atoms with E-state index in [0.717, 1.165) is 36.3 Å². The van der Waals surface area contributed by atoms with E-state index in [1.54, 1.807) is 7.11 Å². The van der Waals surface area contributed by atoms with Gasteiger partial charge in [0.25, 0.3) is 0 Å². The minimum Gasteiger partial charge on any atom is -0.497 e. The van der Waals surface area contributed by atoms with Crippen LogP contribution in [0, 0.1) is 6.92 Å². The maximum absolute atomic E-state index is 11.3. The SMILES string of the molecule is CCC(CCc1cc2ccc(OC)cc2s1)c1ccc(OCC(=O)OC)c(C)c1. The van der Waals surface area contributed by atoms with Gasteiger partial charge in [-0.05, 0) is 78.9 Å². The van der Waals surface area contributed by atoms with Crippen LogP contribution in [-0.2, 0) is 16.0 Å². The van der Waals surface area contributed by atoms with Crippen LogP contribution in [0.1, 0.15) is 41.7 Å². The second kappa shape index (κ2) is 9.79. The van der Waals surface area contributed by atoms with Gasteiger partial charge < -0.3 is 14.2 Å². The molecule has 3 aromatic rings. The summed E-state index contributed by atoms with van der Waals surface area (Å²) in [4.78, 5) is 12.7. The van der Waals surface area contributed by atoms with Crippen LogP contribution in [0.5, 0.6) is 11.5 Å². The third kappa shape index (κ3) is 5.30. The fourth-order valence-corrected chi connectivity index (χ4v) is 4.63. The predicted molar refractivity (Wildman–Crippen MR) is 118 cm³/mol. The number of carbonyl (C=O) groups excluding carboxylic acids is 1. The minimum atomic E-state index is -0.374. The monoisotopic (exact) mass is 412 g/mol. The van der Waals surface area contributed by atoms with Gasteiger partial charge in [0.15, 0.2) is 6.61 Å². The first-order valence-electron chi connectivity index (χ1n) is 9.90. The van der Waals surface area contributed by atoms with Crippen molar-refractivity contribution in [3.8, 4) is 11.5 Å². The highest BCUT2D eigenvalue weighted by molar-refractivity contribution is 7.19. The van der Waals surface area contributed by atoms with Crippen LogP contribution in [0.4, 0.5) is 0 Å². The number of ether oxygens (including phenoxy) is 3. The van der Waals surface area contributed by atoms with Crippen LogP contribution in [0.15, 0.2) is 42.5 Å². The van der Waals surface area contributed by atoms with Crippen molar-refractivity contribution in [3.05, 3.63) is 58.5 Å². The van der Waals surface area contributed by atoms with Crippen molar-refractivity contribution >= 4 is 27.4 Å². The second-order valence-electron chi connectivity index (χ2n) is 7.15. The van der Waals surface area contributed by atoms with Gasteiger partial charge in [0.05, 0.1) is 14.2 Å². The third-order valence-corrected chi connectivity index (χ3v) is 6.41. The number of esters is 1. The molecule has 4 nitrogen and oxygen atoms in total. The summed E-state index contributed by atoms with van der Waals surface area (Å²) in [6.45, 7) is 4.18. The first-order valence-corrected chi connectivity index (χ1v) is 10.7. The van der Waals surface area contributed by atoms with Crippen LogP contribution in [-0.4, -0.2) is 26.8 Å². The lowest BCUT2D eigenvalue weighted by molar-refractivity contribution is -0.142. The van der Waals surface area contributed by atoms with E-state index in [1.807, 2.05) is 30.4 Å². The largest absolute Gasteiger partial charge is 0.497 e. The molecule has 1 atom stereocenters. The zero-order valence-electron chi connectivity index (χ0n) is 17.5. The normalized spacial score (nSPS) is 12.0. The summed E-state index contributed by atoms with van der Waals surface area (Å²) in [6, 6.07) is 14.8. The number of hydrogen-bond acceptors (Lipinski definition) is 5. The zero-order valence-corrected chi connectivity index (χ0v) is 18.3. The topological polar surface area (TPSA) is 44.8 Å². The number of hydrogen-bond donors (Lipinski definition) is 0. The summed E-state index contributed by atoms with van der Waals surface area (Å²) in [5.74, 6) is 1.75. The summed E-state index contributed by atoms with van der Waals surface area (Å²) in [5.41, 5.74) is 2.36. The van der Waals surface area contributed by atoms with E-state index in [0.29, 0.717) is 5.92 Å². The average molecular weight is 413 g/mol. The van der Waals surface area contributed by atoms with Crippen molar-refractivity contribution < 1.29 is 19.0 Å². The van der Waals surface area contributed by atoms with E-state index >= 15 is 0 Å². The molecule has 0 bridgehead atoms. The van der Waals surface area contributed by atoms with Crippen molar-refractivity contribution in [1.82, 2.24) is 0 Å². The molecule has 29 heavy (non-hydrogen) atoms. The van der Waals surface area contributed by atoms with Gasteiger partial charge in [-0.15, -0.1) is 11.3 Å². The van der Waals surface area contributed by atoms with Crippen molar-refractivity contribution in [3.63, 3.8) is 0 Å². The van der Waals surface area contributed by atoms with Gasteiger partial charge in [0.2, 0.25) is 0 Å². The Hall–Kier alpha value is -2.53. The first-order chi connectivity index (χ1) is 14.0. The maximum atomic E-state index is 11.3. The number of fused-ring (bicyclic) bond motifs is 1. The van der Waals surface area contributed by atoms with Gasteiger partial charge in [0, 0.05) is 9.58 Å². The van der Waals surface area contributed by atoms with Gasteiger partial charge in [-0.1, -0.05) is 19.1 Å². The maximum Gasteiger partial charge on any atom is 0.343 e. The second-order valence-corrected chi connectivity index (χ2v) is 8.32. The van der Waals surface area contributed by atoms with Crippen molar-refractivity contribution in [2.24, 2.45) is 0 Å². The summed E-state index contributed by atoms with van der Waals surface area (Å²) < 4.78 is 16.8. The summed E-state index contributed by atoms with van der Waals surface area (Å²) in [6.07, 6.45) is 3.24. The van der Waals surface area contributed by atoms with Gasteiger partial charge in [-0.25, -0.2) is 4.79 Å². The predicted octanol–water partition coefficient (Wildman–Crippen LogP) is 5.90. The quantitative estimate of drug-likeness (QED) is 0.411. The van der Waals surface area contributed by atoms with Crippen LogP contribution < -0.4 is 9.47 Å². The van der Waals surface area contributed by atoms with Crippen LogP contribution in [0.3, 0.4) is 0 Å². The lowest BCUT2D eigenvalue weighted by Crippen LogP contribution is -2.13. The Balaban J connectivity index is 1.66. The lowest BCUT2D eigenvalue weighted by Gasteiger charge is -2.17. The zero-order chi connectivity index (χ0) is 20.8. The van der Waals surface area contributed by atoms with Crippen molar-refractivity contribution in [2.75, 3.05) is 20.8 Å². The molecule has 0 amide bonds. The molecule has 0 radical (unpaired) electrons. The van der Waals surface area contributed by atoms with Gasteiger partial charge in [-0.2, -0.15) is 0 Å². The molecule has 0 N–H and O–H groups in total. The number of thiophene rings is 1. The molecule has 0 aliphatic carbocycles. The van der Waals surface area contributed by atoms with Crippen LogP contribution in [0.2, 0.25) is 0 Å². The van der Waals surface area contributed by atoms with Crippen molar-refractivity contribution in [1.29, 1.82) is 0 Å². The number of methoxy groups -OCH3 is 2. The third-order valence-electron chi connectivity index (χ3n) is 5.25. The molecule has 0 aliphatic rings. The van der Waals surface area contributed by atoms with E-state index in [1.165, 1.54) is 27.6 Å². The molecule has 1 unspecified atom stereocenters. The Labute approximate surface area is 176 Å². The summed E-state index contributed by atoms with van der Waals surface area (Å²) in [5, 5.41) is 1.28. The number of carbonyl (C=O) groups is 1. The van der Waals surface area contributed by atoms with Crippen LogP contribution in [0.25, 0.3) is 10.1 Å². The highest BCUT2D eigenvalue weighted by atomic mass is 32.1. The van der Waals surface area contributed by atoms with Gasteiger partial charge in [0.1, 0.15) is 11.5 Å². The van der Waals surface area contributed by atoms with Crippen LogP contribution >= 0.6 is 11.3 Å². The molecule has 5 heteroatoms. The summed E-state index contributed by atoms with van der Waals surface area (Å²) >= 11 is 1.85. The van der Waals surface area contributed by atoms with Crippen molar-refractivity contribution in [2.45, 2.75) is 39.0 Å². The molecule has 0 fully saturated rings. The molecular formula is C24H28O4S. The highest BCUT2D eigenvalue weighted by Gasteiger charge is 2.13. The Bertz CT molecular complexity index is 976. The minimum absolute atomic E-state index is 0.0649. The molecule has 0 spiro atoms. The average Bonchev–Trinajstić information content (AvgIpc) is 3.15. The smallest absolute Gasteiger partial charge is 0.343 e. The standard InChI is InChI=1S/C24H28O4S/c1-5-17(18-8-11-22(16(2)12-18)28-15-24(25)27-4)7-10-21-13-19-6-9-20(26-3)14-23(19)29-21/h6,8-9,11-14,17H,5,7,10,15H2,1-4H3. The Morgan fingerprint density at radius 3 is 2.62 bits per heavy atom. The highest BCUT2D eigenvalue weighted by Crippen LogP contribution is 2.33. The molecular weight excluding hydrogens is 384 g/mol. The van der Waals surface area contributed by atoms with Gasteiger partial charge >= 0.3 is 5.97 Å². The lowest BCUT2D eigenvalue weighted by atomic mass is 9.90. The Morgan fingerprint density at radius 2 is 1.93 bits per heavy atom. The first kappa shape index (κ1) is 21.2. The van der Waals surface area contributed by atoms with E-state index < -0.39 is 0 Å².